The molecule has 0 bridgehead atoms. The zero-order valence-corrected chi connectivity index (χ0v) is 17.3. The minimum atomic E-state index is -0.449. The van der Waals surface area contributed by atoms with E-state index in [2.05, 4.69) is 12.1 Å². The van der Waals surface area contributed by atoms with E-state index in [4.69, 9.17) is 15.2 Å². The Bertz CT molecular complexity index is 1080. The third kappa shape index (κ3) is 4.69. The zero-order valence-electron chi connectivity index (χ0n) is 17.3. The van der Waals surface area contributed by atoms with Gasteiger partial charge in [-0.05, 0) is 42.0 Å². The van der Waals surface area contributed by atoms with E-state index in [0.29, 0.717) is 42.3 Å². The Morgan fingerprint density at radius 2 is 1.81 bits per heavy atom. The van der Waals surface area contributed by atoms with Crippen molar-refractivity contribution in [3.05, 3.63) is 89.5 Å². The molecule has 0 aromatic heterocycles. The second-order valence-electron chi connectivity index (χ2n) is 7.57. The number of anilines is 1. The maximum atomic E-state index is 12.7. The van der Waals surface area contributed by atoms with Gasteiger partial charge in [0.25, 0.3) is 0 Å². The molecular weight excluding hydrogens is 392 g/mol. The molecule has 1 aliphatic heterocycles. The van der Waals surface area contributed by atoms with Crippen LogP contribution in [0.25, 0.3) is 0 Å². The number of hydrogen-bond donors (Lipinski definition) is 1. The number of amides is 1. The van der Waals surface area contributed by atoms with Gasteiger partial charge in [0.1, 0.15) is 11.5 Å². The monoisotopic (exact) mass is 416 g/mol. The predicted octanol–water partition coefficient (Wildman–Crippen LogP) is 4.36. The van der Waals surface area contributed by atoms with Crippen LogP contribution in [0.4, 0.5) is 5.69 Å². The maximum absolute atomic E-state index is 12.7. The van der Waals surface area contributed by atoms with Crippen molar-refractivity contribution in [2.45, 2.75) is 18.9 Å². The second-order valence-corrected chi connectivity index (χ2v) is 7.57. The average molecular weight is 416 g/mol. The summed E-state index contributed by atoms with van der Waals surface area (Å²) in [6.45, 7) is 1.04. The van der Waals surface area contributed by atoms with Crippen molar-refractivity contribution in [3.63, 3.8) is 0 Å². The van der Waals surface area contributed by atoms with Gasteiger partial charge in [-0.25, -0.2) is 4.79 Å². The van der Waals surface area contributed by atoms with Gasteiger partial charge in [0.2, 0.25) is 5.91 Å². The summed E-state index contributed by atoms with van der Waals surface area (Å²) in [5.41, 5.74) is 8.74. The number of carbonyl (C=O) groups excluding carboxylic acids is 2. The molecule has 1 saturated heterocycles. The van der Waals surface area contributed by atoms with Gasteiger partial charge in [0.15, 0.2) is 0 Å². The number of benzene rings is 3. The molecule has 3 aromatic rings. The van der Waals surface area contributed by atoms with Gasteiger partial charge in [-0.3, -0.25) is 4.79 Å². The lowest BCUT2D eigenvalue weighted by Crippen LogP contribution is -2.24. The van der Waals surface area contributed by atoms with Crippen molar-refractivity contribution in [1.82, 2.24) is 4.90 Å². The van der Waals surface area contributed by atoms with Crippen LogP contribution in [0.1, 0.15) is 33.8 Å². The molecule has 1 aliphatic rings. The standard InChI is InChI=1S/C25H24N2O4/c1-30-25(29)18-7-8-19(23(13-18)31-22-11-9-21(26)10-12-22)15-27-16-20(14-24(27)28)17-5-3-2-4-6-17/h2-13,20H,14-16,26H2,1H3. The van der Waals surface area contributed by atoms with Crippen LogP contribution < -0.4 is 10.5 Å². The molecule has 1 unspecified atom stereocenters. The first-order valence-corrected chi connectivity index (χ1v) is 10.1. The van der Waals surface area contributed by atoms with Crippen LogP contribution in [0.15, 0.2) is 72.8 Å². The van der Waals surface area contributed by atoms with Gasteiger partial charge in [-0.2, -0.15) is 0 Å². The van der Waals surface area contributed by atoms with E-state index in [1.807, 2.05) is 29.2 Å². The Balaban J connectivity index is 1.58. The molecule has 6 nitrogen and oxygen atoms in total. The largest absolute Gasteiger partial charge is 0.465 e. The SMILES string of the molecule is COC(=O)c1ccc(CN2CC(c3ccccc3)CC2=O)c(Oc2ccc(N)cc2)c1. The highest BCUT2D eigenvalue weighted by Crippen LogP contribution is 2.33. The van der Waals surface area contributed by atoms with Crippen LogP contribution in [0, 0.1) is 0 Å². The smallest absolute Gasteiger partial charge is 0.337 e. The molecule has 3 aromatic carbocycles. The van der Waals surface area contributed by atoms with E-state index in [1.165, 1.54) is 7.11 Å². The zero-order chi connectivity index (χ0) is 21.8. The first kappa shape index (κ1) is 20.5. The molecule has 0 spiro atoms. The van der Waals surface area contributed by atoms with Crippen molar-refractivity contribution < 1.29 is 19.1 Å². The number of carbonyl (C=O) groups is 2. The first-order valence-electron chi connectivity index (χ1n) is 10.1. The number of nitrogens with zero attached hydrogens (tertiary/aromatic N) is 1. The fourth-order valence-electron chi connectivity index (χ4n) is 3.77. The van der Waals surface area contributed by atoms with E-state index in [0.717, 1.165) is 11.1 Å². The van der Waals surface area contributed by atoms with E-state index in [1.54, 1.807) is 36.4 Å². The summed E-state index contributed by atoms with van der Waals surface area (Å²) in [5, 5.41) is 0. The summed E-state index contributed by atoms with van der Waals surface area (Å²) in [6, 6.07) is 22.2. The fraction of sp³-hybridized carbons (Fsp3) is 0.200. The van der Waals surface area contributed by atoms with Crippen molar-refractivity contribution in [3.8, 4) is 11.5 Å². The van der Waals surface area contributed by atoms with Gasteiger partial charge >= 0.3 is 5.97 Å². The Morgan fingerprint density at radius 1 is 1.06 bits per heavy atom. The summed E-state index contributed by atoms with van der Waals surface area (Å²) in [5.74, 6) is 0.917. The summed E-state index contributed by atoms with van der Waals surface area (Å²) in [7, 11) is 1.34. The molecule has 0 aliphatic carbocycles. The molecule has 1 fully saturated rings. The minimum Gasteiger partial charge on any atom is -0.465 e. The number of esters is 1. The average Bonchev–Trinajstić information content (AvgIpc) is 3.16. The Hall–Kier alpha value is -3.80. The number of nitrogen functional groups attached to an aromatic ring is 1. The maximum Gasteiger partial charge on any atom is 0.337 e. The Labute approximate surface area is 181 Å². The predicted molar refractivity (Wildman–Crippen MR) is 118 cm³/mol. The summed E-state index contributed by atoms with van der Waals surface area (Å²) >= 11 is 0. The molecule has 4 rings (SSSR count). The van der Waals surface area contributed by atoms with Crippen LogP contribution >= 0.6 is 0 Å². The number of likely N-dealkylation sites (tertiary alicyclic amines) is 1. The molecule has 1 amide bonds. The molecule has 31 heavy (non-hydrogen) atoms. The van der Waals surface area contributed by atoms with E-state index in [-0.39, 0.29) is 11.8 Å². The van der Waals surface area contributed by atoms with Gasteiger partial charge in [0.05, 0.1) is 12.7 Å². The molecule has 1 atom stereocenters. The Morgan fingerprint density at radius 3 is 2.52 bits per heavy atom. The summed E-state index contributed by atoms with van der Waals surface area (Å²) < 4.78 is 10.9. The third-order valence-corrected chi connectivity index (χ3v) is 5.44. The number of ether oxygens (including phenoxy) is 2. The van der Waals surface area contributed by atoms with Gasteiger partial charge < -0.3 is 20.1 Å². The van der Waals surface area contributed by atoms with Crippen LogP contribution in [0.5, 0.6) is 11.5 Å². The normalized spacial score (nSPS) is 15.7. The number of methoxy groups -OCH3 is 1. The highest BCUT2D eigenvalue weighted by molar-refractivity contribution is 5.90. The molecule has 1 heterocycles. The van der Waals surface area contributed by atoms with E-state index >= 15 is 0 Å². The number of hydrogen-bond acceptors (Lipinski definition) is 5. The Kier molecular flexibility index (Phi) is 5.89. The van der Waals surface area contributed by atoms with Crippen LogP contribution in [-0.4, -0.2) is 30.4 Å². The van der Waals surface area contributed by atoms with Gasteiger partial charge in [-0.15, -0.1) is 0 Å². The summed E-state index contributed by atoms with van der Waals surface area (Å²) in [6.07, 6.45) is 0.485. The topological polar surface area (TPSA) is 81.9 Å². The van der Waals surface area contributed by atoms with Crippen LogP contribution in [0.3, 0.4) is 0 Å². The lowest BCUT2D eigenvalue weighted by molar-refractivity contribution is -0.128. The quantitative estimate of drug-likeness (QED) is 0.477. The lowest BCUT2D eigenvalue weighted by Gasteiger charge is -2.20. The number of nitrogens with two attached hydrogens (primary N) is 1. The lowest BCUT2D eigenvalue weighted by atomic mass is 9.98. The van der Waals surface area contributed by atoms with Crippen molar-refractivity contribution in [2.24, 2.45) is 0 Å². The van der Waals surface area contributed by atoms with Crippen LogP contribution in [-0.2, 0) is 16.1 Å². The highest BCUT2D eigenvalue weighted by atomic mass is 16.5. The molecule has 158 valence electrons. The van der Waals surface area contributed by atoms with Crippen molar-refractivity contribution in [2.75, 3.05) is 19.4 Å². The van der Waals surface area contributed by atoms with Crippen LogP contribution in [0.2, 0.25) is 0 Å². The third-order valence-electron chi connectivity index (χ3n) is 5.44. The minimum absolute atomic E-state index is 0.101. The fourth-order valence-corrected chi connectivity index (χ4v) is 3.77. The van der Waals surface area contributed by atoms with E-state index < -0.39 is 5.97 Å². The molecule has 2 N–H and O–H groups in total. The van der Waals surface area contributed by atoms with Crippen molar-refractivity contribution >= 4 is 17.6 Å². The molecule has 0 saturated carbocycles. The van der Waals surface area contributed by atoms with Crippen molar-refractivity contribution in [1.29, 1.82) is 0 Å². The first-order chi connectivity index (χ1) is 15.0. The number of rotatable bonds is 6. The molecular formula is C25H24N2O4. The summed E-state index contributed by atoms with van der Waals surface area (Å²) in [4.78, 5) is 26.5. The highest BCUT2D eigenvalue weighted by Gasteiger charge is 2.31. The second kappa shape index (κ2) is 8.92. The van der Waals surface area contributed by atoms with Gasteiger partial charge in [0, 0.05) is 36.7 Å². The van der Waals surface area contributed by atoms with Gasteiger partial charge in [-0.1, -0.05) is 36.4 Å². The molecule has 0 radical (unpaired) electrons. The van der Waals surface area contributed by atoms with E-state index in [9.17, 15) is 9.59 Å². The molecule has 6 heteroatoms.